The average molecular weight is 203 g/mol. The third kappa shape index (κ3) is 2.08. The Morgan fingerprint density at radius 2 is 2.27 bits per heavy atom. The second kappa shape index (κ2) is 4.28. The van der Waals surface area contributed by atoms with Gasteiger partial charge in [0.05, 0.1) is 0 Å². The van der Waals surface area contributed by atoms with E-state index in [0.717, 1.165) is 18.7 Å². The first kappa shape index (κ1) is 9.94. The fourth-order valence-electron chi connectivity index (χ4n) is 1.90. The molecule has 0 amide bonds. The summed E-state index contributed by atoms with van der Waals surface area (Å²) in [6, 6.07) is 5.51. The van der Waals surface area contributed by atoms with Crippen LogP contribution in [0.3, 0.4) is 0 Å². The molecule has 4 nitrogen and oxygen atoms in total. The molecule has 2 N–H and O–H groups in total. The largest absolute Gasteiger partial charge is 0.323 e. The highest BCUT2D eigenvalue weighted by Gasteiger charge is 2.15. The number of nitrogens with zero attached hydrogens (tertiary/aromatic N) is 1. The van der Waals surface area contributed by atoms with Crippen molar-refractivity contribution in [2.24, 2.45) is 0 Å². The molecule has 4 heteroatoms. The first-order valence-corrected chi connectivity index (χ1v) is 5.18. The molecule has 0 radical (unpaired) electrons. The van der Waals surface area contributed by atoms with Crippen LogP contribution in [0.5, 0.6) is 0 Å². The summed E-state index contributed by atoms with van der Waals surface area (Å²) in [6.07, 6.45) is 3.42. The standard InChI is InChI=1S/C11H13N3O/c12-7-8-4-5-10(14-11(8)15)9-3-1-2-6-13-9/h4-5,9,13H,1-3,6H2,(H,14,15). The first-order valence-electron chi connectivity index (χ1n) is 5.18. The third-order valence-electron chi connectivity index (χ3n) is 2.74. The molecule has 1 unspecified atom stereocenters. The highest BCUT2D eigenvalue weighted by Crippen LogP contribution is 2.20. The molecular formula is C11H13N3O. The van der Waals surface area contributed by atoms with Gasteiger partial charge < -0.3 is 10.3 Å². The Morgan fingerprint density at radius 3 is 2.87 bits per heavy atom. The summed E-state index contributed by atoms with van der Waals surface area (Å²) >= 11 is 0. The zero-order valence-corrected chi connectivity index (χ0v) is 8.42. The van der Waals surface area contributed by atoms with Gasteiger partial charge >= 0.3 is 0 Å². The number of piperidine rings is 1. The summed E-state index contributed by atoms with van der Waals surface area (Å²) in [7, 11) is 0. The summed E-state index contributed by atoms with van der Waals surface area (Å²) < 4.78 is 0. The molecule has 15 heavy (non-hydrogen) atoms. The lowest BCUT2D eigenvalue weighted by Gasteiger charge is -2.23. The number of pyridine rings is 1. The van der Waals surface area contributed by atoms with Crippen molar-refractivity contribution < 1.29 is 0 Å². The fourth-order valence-corrected chi connectivity index (χ4v) is 1.90. The van der Waals surface area contributed by atoms with Crippen LogP contribution < -0.4 is 10.9 Å². The molecule has 78 valence electrons. The molecule has 2 rings (SSSR count). The van der Waals surface area contributed by atoms with Gasteiger partial charge in [-0.2, -0.15) is 5.26 Å². The van der Waals surface area contributed by atoms with E-state index in [-0.39, 0.29) is 17.2 Å². The number of aromatic amines is 1. The Kier molecular flexibility index (Phi) is 2.84. The van der Waals surface area contributed by atoms with Gasteiger partial charge in [-0.15, -0.1) is 0 Å². The Hall–Kier alpha value is -1.60. The maximum Gasteiger partial charge on any atom is 0.266 e. The minimum absolute atomic E-state index is 0.176. The van der Waals surface area contributed by atoms with E-state index in [4.69, 9.17) is 5.26 Å². The molecule has 1 aliphatic rings. The lowest BCUT2D eigenvalue weighted by atomic mass is 10.0. The molecule has 2 heterocycles. The second-order valence-electron chi connectivity index (χ2n) is 3.77. The molecule has 1 aromatic heterocycles. The zero-order chi connectivity index (χ0) is 10.7. The first-order chi connectivity index (χ1) is 7.31. The summed E-state index contributed by atoms with van der Waals surface area (Å²) in [6.45, 7) is 0.993. The third-order valence-corrected chi connectivity index (χ3v) is 2.74. The molecule has 1 aromatic rings. The van der Waals surface area contributed by atoms with E-state index in [9.17, 15) is 4.79 Å². The maximum atomic E-state index is 11.4. The van der Waals surface area contributed by atoms with E-state index >= 15 is 0 Å². The van der Waals surface area contributed by atoms with E-state index in [1.807, 2.05) is 12.1 Å². The SMILES string of the molecule is N#Cc1ccc(C2CCCCN2)[nH]c1=O. The van der Waals surface area contributed by atoms with E-state index in [2.05, 4.69) is 10.3 Å². The van der Waals surface area contributed by atoms with Gasteiger partial charge in [0.1, 0.15) is 11.6 Å². The number of aromatic nitrogens is 1. The Morgan fingerprint density at radius 1 is 1.40 bits per heavy atom. The van der Waals surface area contributed by atoms with Gasteiger partial charge in [0.2, 0.25) is 0 Å². The van der Waals surface area contributed by atoms with Gasteiger partial charge in [0.15, 0.2) is 0 Å². The normalized spacial score (nSPS) is 20.9. The predicted octanol–water partition coefficient (Wildman–Crippen LogP) is 1.06. The van der Waals surface area contributed by atoms with E-state index in [1.165, 1.54) is 12.8 Å². The minimum Gasteiger partial charge on any atom is -0.323 e. The molecule has 1 atom stereocenters. The molecule has 1 aliphatic heterocycles. The molecule has 0 spiro atoms. The van der Waals surface area contributed by atoms with Crippen LogP contribution in [0.15, 0.2) is 16.9 Å². The quantitative estimate of drug-likeness (QED) is 0.717. The number of hydrogen-bond donors (Lipinski definition) is 2. The van der Waals surface area contributed by atoms with Gasteiger partial charge in [-0.25, -0.2) is 0 Å². The molecular weight excluding hydrogens is 190 g/mol. The van der Waals surface area contributed by atoms with Crippen LogP contribution in [-0.2, 0) is 0 Å². The lowest BCUT2D eigenvalue weighted by molar-refractivity contribution is 0.405. The Bertz CT molecular complexity index is 438. The average Bonchev–Trinajstić information content (AvgIpc) is 2.30. The van der Waals surface area contributed by atoms with E-state index < -0.39 is 0 Å². The molecule has 0 aliphatic carbocycles. The summed E-state index contributed by atoms with van der Waals surface area (Å²) in [4.78, 5) is 14.2. The summed E-state index contributed by atoms with van der Waals surface area (Å²) in [5.41, 5.74) is 0.774. The van der Waals surface area contributed by atoms with Crippen LogP contribution in [-0.4, -0.2) is 11.5 Å². The van der Waals surface area contributed by atoms with Crippen LogP contribution >= 0.6 is 0 Å². The molecule has 0 saturated carbocycles. The van der Waals surface area contributed by atoms with Gasteiger partial charge in [-0.05, 0) is 31.5 Å². The van der Waals surface area contributed by atoms with Crippen LogP contribution in [0, 0.1) is 11.3 Å². The van der Waals surface area contributed by atoms with Gasteiger partial charge in [-0.3, -0.25) is 4.79 Å². The lowest BCUT2D eigenvalue weighted by Crippen LogP contribution is -2.29. The van der Waals surface area contributed by atoms with Crippen molar-refractivity contribution in [1.29, 1.82) is 5.26 Å². The van der Waals surface area contributed by atoms with E-state index in [1.54, 1.807) is 6.07 Å². The monoisotopic (exact) mass is 203 g/mol. The van der Waals surface area contributed by atoms with Crippen LogP contribution in [0.4, 0.5) is 0 Å². The molecule has 1 fully saturated rings. The van der Waals surface area contributed by atoms with Crippen LogP contribution in [0.1, 0.15) is 36.6 Å². The van der Waals surface area contributed by atoms with Crippen LogP contribution in [0.2, 0.25) is 0 Å². The van der Waals surface area contributed by atoms with Crippen molar-refractivity contribution in [3.8, 4) is 6.07 Å². The predicted molar refractivity (Wildman–Crippen MR) is 56.4 cm³/mol. The van der Waals surface area contributed by atoms with Crippen molar-refractivity contribution >= 4 is 0 Å². The number of rotatable bonds is 1. The van der Waals surface area contributed by atoms with E-state index in [0.29, 0.717) is 0 Å². The topological polar surface area (TPSA) is 68.7 Å². The Labute approximate surface area is 87.9 Å². The van der Waals surface area contributed by atoms with Crippen LogP contribution in [0.25, 0.3) is 0 Å². The van der Waals surface area contributed by atoms with Crippen molar-refractivity contribution in [1.82, 2.24) is 10.3 Å². The number of nitriles is 1. The number of hydrogen-bond acceptors (Lipinski definition) is 3. The highest BCUT2D eigenvalue weighted by atomic mass is 16.1. The van der Waals surface area contributed by atoms with Crippen molar-refractivity contribution in [2.45, 2.75) is 25.3 Å². The highest BCUT2D eigenvalue weighted by molar-refractivity contribution is 5.27. The second-order valence-corrected chi connectivity index (χ2v) is 3.77. The molecule has 0 aromatic carbocycles. The summed E-state index contributed by atoms with van der Waals surface area (Å²) in [5.74, 6) is 0. The van der Waals surface area contributed by atoms with Gasteiger partial charge in [0.25, 0.3) is 5.56 Å². The van der Waals surface area contributed by atoms with Gasteiger partial charge in [-0.1, -0.05) is 6.42 Å². The molecule has 0 bridgehead atoms. The smallest absolute Gasteiger partial charge is 0.266 e. The number of nitrogens with one attached hydrogen (secondary N) is 2. The molecule has 1 saturated heterocycles. The van der Waals surface area contributed by atoms with Crippen molar-refractivity contribution in [3.63, 3.8) is 0 Å². The van der Waals surface area contributed by atoms with Crippen molar-refractivity contribution in [2.75, 3.05) is 6.54 Å². The maximum absolute atomic E-state index is 11.4. The zero-order valence-electron chi connectivity index (χ0n) is 8.42. The van der Waals surface area contributed by atoms with Crippen molar-refractivity contribution in [3.05, 3.63) is 33.7 Å². The van der Waals surface area contributed by atoms with Gasteiger partial charge in [0, 0.05) is 11.7 Å². The number of H-pyrrole nitrogens is 1. The minimum atomic E-state index is -0.289. The fraction of sp³-hybridized carbons (Fsp3) is 0.455. The summed E-state index contributed by atoms with van der Waals surface area (Å²) in [5, 5.41) is 12.0. The Balaban J connectivity index is 2.26.